The van der Waals surface area contributed by atoms with Gasteiger partial charge in [0, 0.05) is 36.5 Å². The van der Waals surface area contributed by atoms with Gasteiger partial charge in [-0.25, -0.2) is 0 Å². The zero-order valence-corrected chi connectivity index (χ0v) is 11.0. The van der Waals surface area contributed by atoms with Gasteiger partial charge in [0.2, 0.25) is 0 Å². The summed E-state index contributed by atoms with van der Waals surface area (Å²) in [5.41, 5.74) is 2.47. The molecule has 0 amide bonds. The molecule has 0 unspecified atom stereocenters. The molecule has 0 aliphatic rings. The normalized spacial score (nSPS) is 10.0. The zero-order chi connectivity index (χ0) is 13.8. The Labute approximate surface area is 112 Å². The van der Waals surface area contributed by atoms with Gasteiger partial charge in [0.05, 0.1) is 0 Å². The monoisotopic (exact) mass is 253 g/mol. The van der Waals surface area contributed by atoms with Gasteiger partial charge in [0.15, 0.2) is 12.1 Å². The summed E-state index contributed by atoms with van der Waals surface area (Å²) >= 11 is 0. The van der Waals surface area contributed by atoms with Gasteiger partial charge in [-0.05, 0) is 24.3 Å². The molecule has 96 valence electrons. The lowest BCUT2D eigenvalue weighted by Gasteiger charge is -2.12. The van der Waals surface area contributed by atoms with Gasteiger partial charge >= 0.3 is 0 Å². The Morgan fingerprint density at radius 2 is 1.63 bits per heavy atom. The number of hydrogen-bond donors (Lipinski definition) is 0. The molecule has 0 atom stereocenters. The van der Waals surface area contributed by atoms with E-state index in [-0.39, 0.29) is 5.78 Å². The Bertz CT molecular complexity index is 600. The van der Waals surface area contributed by atoms with Crippen LogP contribution in [-0.4, -0.2) is 26.2 Å². The third-order valence-corrected chi connectivity index (χ3v) is 2.98. The quantitative estimate of drug-likeness (QED) is 0.621. The van der Waals surface area contributed by atoms with E-state index in [1.807, 2.05) is 31.1 Å². The van der Waals surface area contributed by atoms with E-state index in [4.69, 9.17) is 0 Å². The summed E-state index contributed by atoms with van der Waals surface area (Å²) in [5.74, 6) is -0.131. The van der Waals surface area contributed by atoms with E-state index in [2.05, 4.69) is 0 Å². The van der Waals surface area contributed by atoms with E-state index >= 15 is 0 Å². The molecule has 3 heteroatoms. The second-order valence-electron chi connectivity index (χ2n) is 4.48. The van der Waals surface area contributed by atoms with E-state index in [0.717, 1.165) is 5.69 Å². The van der Waals surface area contributed by atoms with Crippen molar-refractivity contribution >= 4 is 17.8 Å². The number of anilines is 1. The molecule has 0 saturated carbocycles. The van der Waals surface area contributed by atoms with Crippen LogP contribution in [0.3, 0.4) is 0 Å². The smallest absolute Gasteiger partial charge is 0.193 e. The third-order valence-electron chi connectivity index (χ3n) is 2.98. The van der Waals surface area contributed by atoms with Crippen LogP contribution in [0.4, 0.5) is 5.69 Å². The van der Waals surface area contributed by atoms with E-state index in [0.29, 0.717) is 23.0 Å². The summed E-state index contributed by atoms with van der Waals surface area (Å²) in [6, 6.07) is 14.1. The maximum Gasteiger partial charge on any atom is 0.193 e. The molecular formula is C16H15NO2. The van der Waals surface area contributed by atoms with Crippen molar-refractivity contribution < 1.29 is 9.59 Å². The molecule has 0 aliphatic heterocycles. The predicted octanol–water partition coefficient (Wildman–Crippen LogP) is 2.80. The number of hydrogen-bond acceptors (Lipinski definition) is 3. The van der Waals surface area contributed by atoms with Gasteiger partial charge in [-0.3, -0.25) is 9.59 Å². The molecule has 0 spiro atoms. The van der Waals surface area contributed by atoms with Gasteiger partial charge in [-0.1, -0.05) is 24.3 Å². The van der Waals surface area contributed by atoms with Crippen LogP contribution in [0.15, 0.2) is 48.5 Å². The number of ketones is 1. The minimum absolute atomic E-state index is 0.131. The standard InChI is InChI=1S/C16H15NO2/c1-17(2)14-9-7-12(8-10-14)16(19)15-6-4-3-5-13(15)11-18/h3-11H,1-2H3. The first-order valence-corrected chi connectivity index (χ1v) is 6.00. The number of carbonyl (C=O) groups excluding carboxylic acids is 2. The lowest BCUT2D eigenvalue weighted by molar-refractivity contribution is 0.102. The molecule has 3 nitrogen and oxygen atoms in total. The van der Waals surface area contributed by atoms with Crippen molar-refractivity contribution in [1.82, 2.24) is 0 Å². The van der Waals surface area contributed by atoms with Crippen molar-refractivity contribution in [2.75, 3.05) is 19.0 Å². The fourth-order valence-electron chi connectivity index (χ4n) is 1.87. The van der Waals surface area contributed by atoms with E-state index in [1.165, 1.54) is 0 Å². The topological polar surface area (TPSA) is 37.4 Å². The van der Waals surface area contributed by atoms with Gasteiger partial charge in [-0.15, -0.1) is 0 Å². The molecule has 0 fully saturated rings. The largest absolute Gasteiger partial charge is 0.378 e. The van der Waals surface area contributed by atoms with Crippen LogP contribution in [0, 0.1) is 0 Å². The van der Waals surface area contributed by atoms with Crippen molar-refractivity contribution in [3.8, 4) is 0 Å². The minimum Gasteiger partial charge on any atom is -0.378 e. The van der Waals surface area contributed by atoms with E-state index in [1.54, 1.807) is 36.4 Å². The highest BCUT2D eigenvalue weighted by atomic mass is 16.1. The highest BCUT2D eigenvalue weighted by Gasteiger charge is 2.12. The van der Waals surface area contributed by atoms with Gasteiger partial charge in [0.25, 0.3) is 0 Å². The number of aldehydes is 1. The number of benzene rings is 2. The van der Waals surface area contributed by atoms with Crippen LogP contribution >= 0.6 is 0 Å². The van der Waals surface area contributed by atoms with Crippen LogP contribution in [0.2, 0.25) is 0 Å². The Kier molecular flexibility index (Phi) is 3.76. The van der Waals surface area contributed by atoms with Crippen molar-refractivity contribution in [1.29, 1.82) is 0 Å². The van der Waals surface area contributed by atoms with Gasteiger partial charge in [0.1, 0.15) is 0 Å². The molecule has 0 aliphatic carbocycles. The average Bonchev–Trinajstić information content (AvgIpc) is 2.46. The van der Waals surface area contributed by atoms with Gasteiger partial charge in [-0.2, -0.15) is 0 Å². The van der Waals surface area contributed by atoms with E-state index < -0.39 is 0 Å². The molecule has 0 radical (unpaired) electrons. The predicted molar refractivity (Wildman–Crippen MR) is 76.0 cm³/mol. The molecule has 2 aromatic rings. The first-order valence-electron chi connectivity index (χ1n) is 6.00. The van der Waals surface area contributed by atoms with Gasteiger partial charge < -0.3 is 4.90 Å². The molecule has 0 heterocycles. The molecule has 2 rings (SSSR count). The van der Waals surface area contributed by atoms with E-state index in [9.17, 15) is 9.59 Å². The van der Waals surface area contributed by atoms with Crippen molar-refractivity contribution in [3.63, 3.8) is 0 Å². The third kappa shape index (κ3) is 2.71. The molecule has 0 aromatic heterocycles. The lowest BCUT2D eigenvalue weighted by atomic mass is 9.99. The Morgan fingerprint density at radius 3 is 2.21 bits per heavy atom. The summed E-state index contributed by atoms with van der Waals surface area (Å²) in [7, 11) is 3.89. The molecular weight excluding hydrogens is 238 g/mol. The fourth-order valence-corrected chi connectivity index (χ4v) is 1.87. The molecule has 0 saturated heterocycles. The Morgan fingerprint density at radius 1 is 1.00 bits per heavy atom. The average molecular weight is 253 g/mol. The maximum atomic E-state index is 12.3. The first-order chi connectivity index (χ1) is 9.13. The van der Waals surface area contributed by atoms with Crippen LogP contribution in [0.1, 0.15) is 26.3 Å². The number of nitrogens with zero attached hydrogens (tertiary/aromatic N) is 1. The highest BCUT2D eigenvalue weighted by molar-refractivity contribution is 6.12. The fraction of sp³-hybridized carbons (Fsp3) is 0.125. The lowest BCUT2D eigenvalue weighted by Crippen LogP contribution is -2.09. The van der Waals surface area contributed by atoms with Crippen LogP contribution < -0.4 is 4.90 Å². The molecule has 0 N–H and O–H groups in total. The van der Waals surface area contributed by atoms with Crippen LogP contribution in [0.25, 0.3) is 0 Å². The van der Waals surface area contributed by atoms with Crippen LogP contribution in [-0.2, 0) is 0 Å². The molecule has 0 bridgehead atoms. The zero-order valence-electron chi connectivity index (χ0n) is 11.0. The molecule has 2 aromatic carbocycles. The number of rotatable bonds is 4. The maximum absolute atomic E-state index is 12.3. The Balaban J connectivity index is 2.36. The minimum atomic E-state index is -0.131. The van der Waals surface area contributed by atoms with Crippen molar-refractivity contribution in [3.05, 3.63) is 65.2 Å². The second kappa shape index (κ2) is 5.48. The highest BCUT2D eigenvalue weighted by Crippen LogP contribution is 2.17. The first kappa shape index (κ1) is 13.0. The second-order valence-corrected chi connectivity index (χ2v) is 4.48. The molecule has 19 heavy (non-hydrogen) atoms. The van der Waals surface area contributed by atoms with Crippen molar-refractivity contribution in [2.45, 2.75) is 0 Å². The summed E-state index contributed by atoms with van der Waals surface area (Å²) in [6.07, 6.45) is 0.710. The SMILES string of the molecule is CN(C)c1ccc(C(=O)c2ccccc2C=O)cc1. The summed E-state index contributed by atoms with van der Waals surface area (Å²) in [4.78, 5) is 25.2. The van der Waals surface area contributed by atoms with Crippen molar-refractivity contribution in [2.24, 2.45) is 0 Å². The Hall–Kier alpha value is -2.42. The summed E-state index contributed by atoms with van der Waals surface area (Å²) < 4.78 is 0. The summed E-state index contributed by atoms with van der Waals surface area (Å²) in [6.45, 7) is 0. The van der Waals surface area contributed by atoms with Crippen LogP contribution in [0.5, 0.6) is 0 Å². The number of carbonyl (C=O) groups is 2. The summed E-state index contributed by atoms with van der Waals surface area (Å²) in [5, 5.41) is 0.